The first kappa shape index (κ1) is 13.2. The van der Waals surface area contributed by atoms with E-state index in [1.165, 1.54) is 0 Å². The number of carboxylic acids is 1. The van der Waals surface area contributed by atoms with Crippen molar-refractivity contribution in [3.05, 3.63) is 0 Å². The van der Waals surface area contributed by atoms with E-state index < -0.39 is 5.97 Å². The lowest BCUT2D eigenvalue weighted by Crippen LogP contribution is -2.55. The average Bonchev–Trinajstić information content (AvgIpc) is 2.27. The minimum absolute atomic E-state index is 0.181. The van der Waals surface area contributed by atoms with E-state index in [9.17, 15) is 9.59 Å². The second kappa shape index (κ2) is 5.59. The number of hydrogen-bond acceptors (Lipinski definition) is 3. The van der Waals surface area contributed by atoms with Crippen molar-refractivity contribution in [3.8, 4) is 0 Å². The Bertz CT molecular complexity index is 317. The predicted molar refractivity (Wildman–Crippen MR) is 65.3 cm³/mol. The Balaban J connectivity index is 2.03. The van der Waals surface area contributed by atoms with Crippen LogP contribution in [0.25, 0.3) is 0 Å². The first-order valence-corrected chi connectivity index (χ1v) is 6.78. The molecular weight excluding hydrogens is 234 g/mol. The van der Waals surface area contributed by atoms with Crippen LogP contribution in [-0.4, -0.2) is 40.8 Å². The van der Waals surface area contributed by atoms with Gasteiger partial charge in [-0.2, -0.15) is 0 Å². The van der Waals surface area contributed by atoms with Gasteiger partial charge in [0.1, 0.15) is 0 Å². The van der Waals surface area contributed by atoms with Crippen molar-refractivity contribution in [1.29, 1.82) is 0 Å². The SMILES string of the molecule is CCOC(=O)N1C2CCCC1CC(CC(=O)O)C2. The Hall–Kier alpha value is -1.26. The van der Waals surface area contributed by atoms with Crippen molar-refractivity contribution in [2.75, 3.05) is 6.61 Å². The summed E-state index contributed by atoms with van der Waals surface area (Å²) in [6.45, 7) is 2.21. The van der Waals surface area contributed by atoms with Gasteiger partial charge in [-0.05, 0) is 44.9 Å². The predicted octanol–water partition coefficient (Wildman–Crippen LogP) is 2.25. The molecule has 2 aliphatic rings. The lowest BCUT2D eigenvalue weighted by molar-refractivity contribution is -0.139. The summed E-state index contributed by atoms with van der Waals surface area (Å²) in [6, 6.07) is 0.363. The summed E-state index contributed by atoms with van der Waals surface area (Å²) in [5.74, 6) is -0.522. The fourth-order valence-corrected chi connectivity index (χ4v) is 3.40. The van der Waals surface area contributed by atoms with Gasteiger partial charge in [0, 0.05) is 18.5 Å². The molecule has 1 N–H and O–H groups in total. The third kappa shape index (κ3) is 2.76. The van der Waals surface area contributed by atoms with Crippen molar-refractivity contribution >= 4 is 12.1 Å². The number of ether oxygens (including phenoxy) is 1. The molecular formula is C13H21NO4. The third-order valence-electron chi connectivity index (χ3n) is 4.01. The zero-order valence-electron chi connectivity index (χ0n) is 10.8. The number of carbonyl (C=O) groups is 2. The number of rotatable bonds is 3. The molecule has 0 saturated carbocycles. The molecule has 18 heavy (non-hydrogen) atoms. The maximum atomic E-state index is 11.9. The highest BCUT2D eigenvalue weighted by Crippen LogP contribution is 2.38. The highest BCUT2D eigenvalue weighted by Gasteiger charge is 2.41. The molecule has 1 amide bonds. The van der Waals surface area contributed by atoms with E-state index >= 15 is 0 Å². The molecule has 0 aromatic heterocycles. The van der Waals surface area contributed by atoms with Crippen LogP contribution in [0.15, 0.2) is 0 Å². The van der Waals surface area contributed by atoms with Crippen molar-refractivity contribution in [2.24, 2.45) is 5.92 Å². The second-order valence-corrected chi connectivity index (χ2v) is 5.28. The van der Waals surface area contributed by atoms with Crippen molar-refractivity contribution in [1.82, 2.24) is 4.90 Å². The molecule has 2 fully saturated rings. The summed E-state index contributed by atoms with van der Waals surface area (Å²) < 4.78 is 5.10. The number of nitrogens with zero attached hydrogens (tertiary/aromatic N) is 1. The van der Waals surface area contributed by atoms with Gasteiger partial charge >= 0.3 is 12.1 Å². The molecule has 0 radical (unpaired) electrons. The molecule has 2 aliphatic heterocycles. The van der Waals surface area contributed by atoms with Crippen LogP contribution in [0.4, 0.5) is 4.79 Å². The Morgan fingerprint density at radius 3 is 2.39 bits per heavy atom. The number of aliphatic carboxylic acids is 1. The summed E-state index contributed by atoms with van der Waals surface area (Å²) in [6.07, 6.45) is 4.70. The first-order valence-electron chi connectivity index (χ1n) is 6.78. The maximum Gasteiger partial charge on any atom is 0.410 e. The fraction of sp³-hybridized carbons (Fsp3) is 0.846. The van der Waals surface area contributed by atoms with E-state index in [4.69, 9.17) is 9.84 Å². The van der Waals surface area contributed by atoms with Gasteiger partial charge in [-0.15, -0.1) is 0 Å². The molecule has 5 nitrogen and oxygen atoms in total. The summed E-state index contributed by atoms with van der Waals surface area (Å²) in [7, 11) is 0. The lowest BCUT2D eigenvalue weighted by atomic mass is 9.77. The van der Waals surface area contributed by atoms with E-state index in [-0.39, 0.29) is 30.5 Å². The summed E-state index contributed by atoms with van der Waals surface area (Å²) in [5, 5.41) is 8.88. The minimum atomic E-state index is -0.734. The van der Waals surface area contributed by atoms with Crippen LogP contribution < -0.4 is 0 Å². The third-order valence-corrected chi connectivity index (χ3v) is 4.01. The molecule has 102 valence electrons. The Morgan fingerprint density at radius 2 is 1.89 bits per heavy atom. The van der Waals surface area contributed by atoms with Crippen LogP contribution >= 0.6 is 0 Å². The van der Waals surface area contributed by atoms with Gasteiger partial charge in [0.15, 0.2) is 0 Å². The zero-order valence-corrected chi connectivity index (χ0v) is 10.8. The van der Waals surface area contributed by atoms with E-state index in [1.807, 2.05) is 11.8 Å². The van der Waals surface area contributed by atoms with Crippen LogP contribution in [0, 0.1) is 5.92 Å². The highest BCUT2D eigenvalue weighted by atomic mass is 16.6. The minimum Gasteiger partial charge on any atom is -0.481 e. The number of fused-ring (bicyclic) bond motifs is 2. The van der Waals surface area contributed by atoms with Crippen LogP contribution in [0.3, 0.4) is 0 Å². The standard InChI is InChI=1S/C13H21NO4/c1-2-18-13(17)14-10-4-3-5-11(14)7-9(6-10)8-12(15)16/h9-11H,2-8H2,1H3,(H,15,16). The molecule has 2 atom stereocenters. The number of hydrogen-bond donors (Lipinski definition) is 1. The van der Waals surface area contributed by atoms with Crippen molar-refractivity contribution in [2.45, 2.75) is 57.5 Å². The number of carbonyl (C=O) groups excluding carboxylic acids is 1. The summed E-state index contributed by atoms with van der Waals surface area (Å²) in [5.41, 5.74) is 0. The molecule has 2 rings (SSSR count). The topological polar surface area (TPSA) is 66.8 Å². The fourth-order valence-electron chi connectivity index (χ4n) is 3.40. The molecule has 0 aromatic carbocycles. The molecule has 2 heterocycles. The summed E-state index contributed by atoms with van der Waals surface area (Å²) >= 11 is 0. The van der Waals surface area contributed by atoms with Crippen LogP contribution in [0.2, 0.25) is 0 Å². The van der Waals surface area contributed by atoms with E-state index in [0.29, 0.717) is 6.61 Å². The Morgan fingerprint density at radius 1 is 1.28 bits per heavy atom. The van der Waals surface area contributed by atoms with Gasteiger partial charge in [-0.3, -0.25) is 4.79 Å². The second-order valence-electron chi connectivity index (χ2n) is 5.28. The first-order chi connectivity index (χ1) is 8.61. The molecule has 5 heteroatoms. The van der Waals surface area contributed by atoms with Gasteiger partial charge in [-0.1, -0.05) is 0 Å². The van der Waals surface area contributed by atoms with Gasteiger partial charge in [0.05, 0.1) is 6.61 Å². The average molecular weight is 255 g/mol. The monoisotopic (exact) mass is 255 g/mol. The maximum absolute atomic E-state index is 11.9. The number of piperidine rings is 2. The number of carboxylic acid groups (broad SMARTS) is 1. The van der Waals surface area contributed by atoms with Gasteiger partial charge < -0.3 is 14.7 Å². The van der Waals surface area contributed by atoms with E-state index in [0.717, 1.165) is 32.1 Å². The van der Waals surface area contributed by atoms with Gasteiger partial charge in [-0.25, -0.2) is 4.79 Å². The van der Waals surface area contributed by atoms with Crippen molar-refractivity contribution in [3.63, 3.8) is 0 Å². The Labute approximate surface area is 107 Å². The quantitative estimate of drug-likeness (QED) is 0.840. The van der Waals surface area contributed by atoms with Gasteiger partial charge in [0.2, 0.25) is 0 Å². The van der Waals surface area contributed by atoms with E-state index in [1.54, 1.807) is 0 Å². The highest BCUT2D eigenvalue weighted by molar-refractivity contribution is 5.69. The van der Waals surface area contributed by atoms with Crippen LogP contribution in [0.5, 0.6) is 0 Å². The van der Waals surface area contributed by atoms with Gasteiger partial charge in [0.25, 0.3) is 0 Å². The summed E-state index contributed by atoms with van der Waals surface area (Å²) in [4.78, 5) is 24.6. The lowest BCUT2D eigenvalue weighted by Gasteiger charge is -2.47. The molecule has 2 bridgehead atoms. The van der Waals surface area contributed by atoms with Crippen LogP contribution in [-0.2, 0) is 9.53 Å². The smallest absolute Gasteiger partial charge is 0.410 e. The largest absolute Gasteiger partial charge is 0.481 e. The normalized spacial score (nSPS) is 30.9. The molecule has 0 aromatic rings. The van der Waals surface area contributed by atoms with E-state index in [2.05, 4.69) is 0 Å². The molecule has 2 unspecified atom stereocenters. The van der Waals surface area contributed by atoms with Crippen molar-refractivity contribution < 1.29 is 19.4 Å². The Kier molecular flexibility index (Phi) is 4.09. The molecule has 0 spiro atoms. The number of amides is 1. The molecule has 2 saturated heterocycles. The molecule has 0 aliphatic carbocycles. The van der Waals surface area contributed by atoms with Crippen LogP contribution in [0.1, 0.15) is 45.4 Å². The zero-order chi connectivity index (χ0) is 13.1.